The van der Waals surface area contributed by atoms with Gasteiger partial charge in [0.25, 0.3) is 0 Å². The fraction of sp³-hybridized carbons (Fsp3) is 0.778. The molecule has 0 aromatic rings. The molecular weight excluding hydrogens is 226 g/mol. The Bertz CT molecular complexity index is 283. The fourth-order valence-electron chi connectivity index (χ4n) is 1.37. The Morgan fingerprint density at radius 3 is 2.25 bits per heavy atom. The summed E-state index contributed by atoms with van der Waals surface area (Å²) in [6, 6.07) is 0. The molecule has 0 amide bonds. The second-order valence-corrected chi connectivity index (χ2v) is 3.35. The quantitative estimate of drug-likeness (QED) is 0.656. The van der Waals surface area contributed by atoms with Crippen LogP contribution in [0, 0.1) is 0 Å². The van der Waals surface area contributed by atoms with E-state index in [9.17, 15) is 18.4 Å². The molecule has 1 fully saturated rings. The van der Waals surface area contributed by atoms with Gasteiger partial charge in [0.15, 0.2) is 18.4 Å². The minimum absolute atomic E-state index is 0.348. The molecule has 1 aliphatic rings. The number of esters is 2. The molecule has 7 heteroatoms. The van der Waals surface area contributed by atoms with Crippen LogP contribution in [0.1, 0.15) is 13.8 Å². The van der Waals surface area contributed by atoms with Gasteiger partial charge in [-0.05, 0) is 0 Å². The van der Waals surface area contributed by atoms with Crippen LogP contribution in [0.25, 0.3) is 0 Å². The monoisotopic (exact) mass is 238 g/mol. The summed E-state index contributed by atoms with van der Waals surface area (Å²) >= 11 is 0. The summed E-state index contributed by atoms with van der Waals surface area (Å²) in [7, 11) is 0. The predicted molar refractivity (Wildman–Crippen MR) is 46.9 cm³/mol. The molecule has 0 spiro atoms. The molecule has 0 unspecified atom stereocenters. The molecule has 0 aliphatic carbocycles. The van der Waals surface area contributed by atoms with E-state index in [4.69, 9.17) is 0 Å². The number of carbonyl (C=O) groups excluding carboxylic acids is 2. The Balaban J connectivity index is 2.72. The summed E-state index contributed by atoms with van der Waals surface area (Å²) in [5, 5.41) is 0. The van der Waals surface area contributed by atoms with Gasteiger partial charge in [-0.3, -0.25) is 9.59 Å². The minimum atomic E-state index is -2.18. The zero-order valence-corrected chi connectivity index (χ0v) is 8.81. The van der Waals surface area contributed by atoms with Crippen molar-refractivity contribution in [2.24, 2.45) is 0 Å². The zero-order valence-electron chi connectivity index (χ0n) is 8.81. The van der Waals surface area contributed by atoms with Crippen LogP contribution in [-0.4, -0.2) is 43.3 Å². The van der Waals surface area contributed by atoms with Crippen LogP contribution in [0.2, 0.25) is 0 Å². The van der Waals surface area contributed by atoms with Crippen LogP contribution in [0.4, 0.5) is 8.78 Å². The molecule has 1 heterocycles. The number of hydrogen-bond acceptors (Lipinski definition) is 5. The number of halogens is 2. The first-order valence-electron chi connectivity index (χ1n) is 4.66. The highest BCUT2D eigenvalue weighted by molar-refractivity contribution is 5.67. The SMILES string of the molecule is CC(=O)O[C@H]1[C@H](F)[C@H](F)OC[C@H]1OC(C)=O. The highest BCUT2D eigenvalue weighted by Gasteiger charge is 2.45. The van der Waals surface area contributed by atoms with Crippen molar-refractivity contribution in [1.29, 1.82) is 0 Å². The molecule has 16 heavy (non-hydrogen) atoms. The molecule has 1 saturated heterocycles. The maximum absolute atomic E-state index is 13.3. The van der Waals surface area contributed by atoms with E-state index in [0.29, 0.717) is 0 Å². The largest absolute Gasteiger partial charge is 0.456 e. The van der Waals surface area contributed by atoms with Crippen molar-refractivity contribution >= 4 is 11.9 Å². The Morgan fingerprint density at radius 1 is 1.19 bits per heavy atom. The molecule has 0 radical (unpaired) electrons. The molecule has 0 aromatic heterocycles. The van der Waals surface area contributed by atoms with Crippen LogP contribution < -0.4 is 0 Å². The van der Waals surface area contributed by atoms with E-state index >= 15 is 0 Å². The number of carbonyl (C=O) groups is 2. The van der Waals surface area contributed by atoms with Crippen molar-refractivity contribution in [1.82, 2.24) is 0 Å². The lowest BCUT2D eigenvalue weighted by Crippen LogP contribution is -2.52. The average molecular weight is 238 g/mol. The van der Waals surface area contributed by atoms with Gasteiger partial charge in [-0.1, -0.05) is 0 Å². The molecule has 92 valence electrons. The van der Waals surface area contributed by atoms with Crippen LogP contribution >= 0.6 is 0 Å². The first-order chi connectivity index (χ1) is 7.41. The zero-order chi connectivity index (χ0) is 12.3. The summed E-state index contributed by atoms with van der Waals surface area (Å²) in [6.45, 7) is 1.82. The maximum atomic E-state index is 13.3. The Labute approximate surface area is 90.6 Å². The van der Waals surface area contributed by atoms with Gasteiger partial charge in [-0.15, -0.1) is 0 Å². The smallest absolute Gasteiger partial charge is 0.303 e. The van der Waals surface area contributed by atoms with Gasteiger partial charge in [-0.2, -0.15) is 0 Å². The van der Waals surface area contributed by atoms with E-state index in [1.165, 1.54) is 0 Å². The van der Waals surface area contributed by atoms with Gasteiger partial charge in [0.1, 0.15) is 0 Å². The van der Waals surface area contributed by atoms with Gasteiger partial charge in [0.2, 0.25) is 6.36 Å². The third-order valence-electron chi connectivity index (χ3n) is 1.97. The molecule has 0 bridgehead atoms. The highest BCUT2D eigenvalue weighted by atomic mass is 19.2. The molecule has 0 N–H and O–H groups in total. The van der Waals surface area contributed by atoms with Gasteiger partial charge >= 0.3 is 11.9 Å². The van der Waals surface area contributed by atoms with Gasteiger partial charge in [-0.25, -0.2) is 8.78 Å². The van der Waals surface area contributed by atoms with Crippen LogP contribution in [0.5, 0.6) is 0 Å². The number of rotatable bonds is 2. The van der Waals surface area contributed by atoms with E-state index in [1.807, 2.05) is 0 Å². The summed E-state index contributed by atoms with van der Waals surface area (Å²) in [5.41, 5.74) is 0. The summed E-state index contributed by atoms with van der Waals surface area (Å²) < 4.78 is 39.9. The summed E-state index contributed by atoms with van der Waals surface area (Å²) in [6.07, 6.45) is -6.94. The van der Waals surface area contributed by atoms with Gasteiger partial charge in [0.05, 0.1) is 6.61 Å². The number of hydrogen-bond donors (Lipinski definition) is 0. The third-order valence-corrected chi connectivity index (χ3v) is 1.97. The predicted octanol–water partition coefficient (Wildman–Crippen LogP) is 0.514. The first kappa shape index (κ1) is 12.8. The van der Waals surface area contributed by atoms with Crippen molar-refractivity contribution in [3.05, 3.63) is 0 Å². The lowest BCUT2D eigenvalue weighted by Gasteiger charge is -2.34. The van der Waals surface area contributed by atoms with E-state index in [1.54, 1.807) is 0 Å². The second kappa shape index (κ2) is 5.20. The molecule has 0 aromatic carbocycles. The lowest BCUT2D eigenvalue weighted by molar-refractivity contribution is -0.226. The van der Waals surface area contributed by atoms with Crippen molar-refractivity contribution < 1.29 is 32.6 Å². The standard InChI is InChI=1S/C9H12F2O5/c1-4(12)15-6-3-14-9(11)7(10)8(6)16-5(2)13/h6-9H,3H2,1-2H3/t6-,7+,8-,9-/m1/s1. The molecular formula is C9H12F2O5. The third kappa shape index (κ3) is 3.13. The molecule has 0 saturated carbocycles. The van der Waals surface area contributed by atoms with Crippen molar-refractivity contribution in [2.45, 2.75) is 38.6 Å². The van der Waals surface area contributed by atoms with E-state index in [-0.39, 0.29) is 6.61 Å². The van der Waals surface area contributed by atoms with Gasteiger partial charge in [0, 0.05) is 13.8 Å². The van der Waals surface area contributed by atoms with Crippen molar-refractivity contribution in [3.8, 4) is 0 Å². The van der Waals surface area contributed by atoms with Crippen molar-refractivity contribution in [3.63, 3.8) is 0 Å². The van der Waals surface area contributed by atoms with Crippen LogP contribution in [0.3, 0.4) is 0 Å². The van der Waals surface area contributed by atoms with Gasteiger partial charge < -0.3 is 14.2 Å². The molecule has 5 nitrogen and oxygen atoms in total. The maximum Gasteiger partial charge on any atom is 0.303 e. The number of ether oxygens (including phenoxy) is 3. The molecule has 1 rings (SSSR count). The number of alkyl halides is 2. The van der Waals surface area contributed by atoms with Crippen molar-refractivity contribution in [2.75, 3.05) is 6.61 Å². The van der Waals surface area contributed by atoms with E-state index < -0.39 is 36.7 Å². The fourth-order valence-corrected chi connectivity index (χ4v) is 1.37. The average Bonchev–Trinajstić information content (AvgIpc) is 2.16. The Morgan fingerprint density at radius 2 is 1.75 bits per heavy atom. The summed E-state index contributed by atoms with van der Waals surface area (Å²) in [4.78, 5) is 21.4. The molecule has 1 aliphatic heterocycles. The first-order valence-corrected chi connectivity index (χ1v) is 4.66. The second-order valence-electron chi connectivity index (χ2n) is 3.35. The van der Waals surface area contributed by atoms with E-state index in [0.717, 1.165) is 13.8 Å². The topological polar surface area (TPSA) is 61.8 Å². The normalized spacial score (nSPS) is 34.2. The Hall–Kier alpha value is -1.24. The van der Waals surface area contributed by atoms with E-state index in [2.05, 4.69) is 14.2 Å². The van der Waals surface area contributed by atoms with Crippen LogP contribution in [0.15, 0.2) is 0 Å². The highest BCUT2D eigenvalue weighted by Crippen LogP contribution is 2.24. The van der Waals surface area contributed by atoms with Crippen LogP contribution in [-0.2, 0) is 23.8 Å². The molecule has 4 atom stereocenters. The lowest BCUT2D eigenvalue weighted by atomic mass is 10.1. The summed E-state index contributed by atoms with van der Waals surface area (Å²) in [5.74, 6) is -1.46. The minimum Gasteiger partial charge on any atom is -0.456 e. The Kier molecular flexibility index (Phi) is 4.17.